The van der Waals surface area contributed by atoms with Crippen LogP contribution in [0.25, 0.3) is 0 Å². The first-order valence-corrected chi connectivity index (χ1v) is 4.87. The van der Waals surface area contributed by atoms with Crippen LogP contribution in [0.3, 0.4) is 0 Å². The van der Waals surface area contributed by atoms with Gasteiger partial charge in [0, 0.05) is 12.1 Å². The quantitative estimate of drug-likeness (QED) is 0.619. The molecule has 4 nitrogen and oxygen atoms in total. The van der Waals surface area contributed by atoms with Crippen LogP contribution in [0.1, 0.15) is 30.0 Å². The number of rotatable bonds is 4. The van der Waals surface area contributed by atoms with Gasteiger partial charge in [-0.25, -0.2) is 4.79 Å². The first-order valence-electron chi connectivity index (χ1n) is 4.87. The Labute approximate surface area is 95.0 Å². The third-order valence-corrected chi connectivity index (χ3v) is 2.20. The maximum atomic E-state index is 11.3. The minimum Gasteiger partial charge on any atom is -0.463 e. The minimum absolute atomic E-state index is 0.211. The Kier molecular flexibility index (Phi) is 3.75. The first-order chi connectivity index (χ1) is 7.50. The summed E-state index contributed by atoms with van der Waals surface area (Å²) in [5, 5.41) is 3.13. The van der Waals surface area contributed by atoms with Crippen LogP contribution in [0.2, 0.25) is 0 Å². The average Bonchev–Trinajstić information content (AvgIpc) is 2.73. The fourth-order valence-electron chi connectivity index (χ4n) is 1.11. The largest absolute Gasteiger partial charge is 0.463 e. The van der Waals surface area contributed by atoms with Crippen LogP contribution in [-0.4, -0.2) is 18.6 Å². The molecule has 1 aromatic rings. The van der Waals surface area contributed by atoms with E-state index in [1.165, 1.54) is 13.4 Å². The van der Waals surface area contributed by atoms with Crippen molar-refractivity contribution in [2.75, 3.05) is 7.11 Å². The van der Waals surface area contributed by atoms with Crippen molar-refractivity contribution < 1.29 is 13.9 Å². The molecule has 1 aromatic heterocycles. The van der Waals surface area contributed by atoms with Crippen LogP contribution in [0.5, 0.6) is 0 Å². The molecule has 0 aliphatic rings. The lowest BCUT2D eigenvalue weighted by Gasteiger charge is -2.19. The Bertz CT molecular complexity index is 412. The van der Waals surface area contributed by atoms with Gasteiger partial charge in [0.1, 0.15) is 0 Å². The molecule has 1 N–H and O–H groups in total. The van der Waals surface area contributed by atoms with Gasteiger partial charge in [0.15, 0.2) is 0 Å². The van der Waals surface area contributed by atoms with E-state index in [-0.39, 0.29) is 5.76 Å². The number of furan rings is 1. The Morgan fingerprint density at radius 3 is 2.94 bits per heavy atom. The van der Waals surface area contributed by atoms with Crippen molar-refractivity contribution >= 4 is 5.97 Å². The highest BCUT2D eigenvalue weighted by Gasteiger charge is 2.18. The maximum Gasteiger partial charge on any atom is 0.374 e. The molecule has 1 rings (SSSR count). The third kappa shape index (κ3) is 2.88. The SMILES string of the molecule is C#CC(C)(C)NCc1ccoc1C(=O)OC. The monoisotopic (exact) mass is 221 g/mol. The van der Waals surface area contributed by atoms with Gasteiger partial charge in [0.05, 0.1) is 18.9 Å². The number of ether oxygens (including phenoxy) is 1. The van der Waals surface area contributed by atoms with E-state index in [2.05, 4.69) is 16.0 Å². The smallest absolute Gasteiger partial charge is 0.374 e. The molecule has 0 fully saturated rings. The summed E-state index contributed by atoms with van der Waals surface area (Å²) in [7, 11) is 1.31. The molecule has 4 heteroatoms. The number of hydrogen-bond acceptors (Lipinski definition) is 4. The summed E-state index contributed by atoms with van der Waals surface area (Å²) in [4.78, 5) is 11.3. The lowest BCUT2D eigenvalue weighted by molar-refractivity contribution is 0.0563. The van der Waals surface area contributed by atoms with Crippen molar-refractivity contribution in [2.24, 2.45) is 0 Å². The van der Waals surface area contributed by atoms with Gasteiger partial charge in [0.25, 0.3) is 0 Å². The van der Waals surface area contributed by atoms with Crippen molar-refractivity contribution in [1.29, 1.82) is 0 Å². The van der Waals surface area contributed by atoms with Gasteiger partial charge in [-0.1, -0.05) is 5.92 Å². The number of esters is 1. The maximum absolute atomic E-state index is 11.3. The molecule has 0 aliphatic carbocycles. The number of terminal acetylenes is 1. The number of carbonyl (C=O) groups is 1. The second-order valence-electron chi connectivity index (χ2n) is 3.89. The predicted molar refractivity (Wildman–Crippen MR) is 59.8 cm³/mol. The topological polar surface area (TPSA) is 51.5 Å². The Balaban J connectivity index is 2.73. The van der Waals surface area contributed by atoms with Gasteiger partial charge in [-0.15, -0.1) is 6.42 Å². The second-order valence-corrected chi connectivity index (χ2v) is 3.89. The van der Waals surface area contributed by atoms with Crippen LogP contribution in [0.15, 0.2) is 16.7 Å². The zero-order valence-electron chi connectivity index (χ0n) is 9.66. The standard InChI is InChI=1S/C12H15NO3/c1-5-12(2,3)13-8-9-6-7-16-10(9)11(14)15-4/h1,6-7,13H,8H2,2-4H3. The Morgan fingerprint density at radius 1 is 1.69 bits per heavy atom. The molecule has 16 heavy (non-hydrogen) atoms. The number of carbonyl (C=O) groups excluding carboxylic acids is 1. The summed E-state index contributed by atoms with van der Waals surface area (Å²) in [6.07, 6.45) is 6.79. The minimum atomic E-state index is -0.486. The van der Waals surface area contributed by atoms with E-state index in [1.807, 2.05) is 13.8 Å². The number of hydrogen-bond donors (Lipinski definition) is 1. The highest BCUT2D eigenvalue weighted by molar-refractivity contribution is 5.87. The second kappa shape index (κ2) is 4.86. The molecule has 0 unspecified atom stereocenters. The summed E-state index contributed by atoms with van der Waals surface area (Å²) in [5.41, 5.74) is 0.306. The fourth-order valence-corrected chi connectivity index (χ4v) is 1.11. The summed E-state index contributed by atoms with van der Waals surface area (Å²) < 4.78 is 9.64. The molecule has 0 saturated heterocycles. The summed E-state index contributed by atoms with van der Waals surface area (Å²) in [5.74, 6) is 2.33. The van der Waals surface area contributed by atoms with Crippen LogP contribution in [-0.2, 0) is 11.3 Å². The number of nitrogens with one attached hydrogen (secondary N) is 1. The Morgan fingerprint density at radius 2 is 2.38 bits per heavy atom. The van der Waals surface area contributed by atoms with E-state index in [1.54, 1.807) is 6.07 Å². The first kappa shape index (κ1) is 12.3. The fraction of sp³-hybridized carbons (Fsp3) is 0.417. The van der Waals surface area contributed by atoms with E-state index in [9.17, 15) is 4.79 Å². The van der Waals surface area contributed by atoms with Crippen LogP contribution < -0.4 is 5.32 Å². The van der Waals surface area contributed by atoms with Gasteiger partial charge in [-0.2, -0.15) is 0 Å². The van der Waals surface area contributed by atoms with Crippen LogP contribution in [0.4, 0.5) is 0 Å². The van der Waals surface area contributed by atoms with Crippen molar-refractivity contribution in [1.82, 2.24) is 5.32 Å². The van der Waals surface area contributed by atoms with Gasteiger partial charge in [-0.3, -0.25) is 5.32 Å². The van der Waals surface area contributed by atoms with E-state index in [0.717, 1.165) is 5.56 Å². The van der Waals surface area contributed by atoms with Crippen molar-refractivity contribution in [3.8, 4) is 12.3 Å². The summed E-state index contributed by atoms with van der Waals surface area (Å²) >= 11 is 0. The van der Waals surface area contributed by atoms with E-state index >= 15 is 0 Å². The average molecular weight is 221 g/mol. The van der Waals surface area contributed by atoms with Crippen LogP contribution >= 0.6 is 0 Å². The highest BCUT2D eigenvalue weighted by atomic mass is 16.5. The Hall–Kier alpha value is -1.73. The van der Waals surface area contributed by atoms with Gasteiger partial charge < -0.3 is 9.15 Å². The molecule has 86 valence electrons. The van der Waals surface area contributed by atoms with Gasteiger partial charge in [0.2, 0.25) is 5.76 Å². The molecule has 0 atom stereocenters. The van der Waals surface area contributed by atoms with Crippen LogP contribution in [0, 0.1) is 12.3 Å². The van der Waals surface area contributed by atoms with Crippen molar-refractivity contribution in [3.05, 3.63) is 23.7 Å². The molecule has 0 radical (unpaired) electrons. The van der Waals surface area contributed by atoms with Crippen molar-refractivity contribution in [2.45, 2.75) is 25.9 Å². The lowest BCUT2D eigenvalue weighted by atomic mass is 10.1. The van der Waals surface area contributed by atoms with Gasteiger partial charge >= 0.3 is 5.97 Å². The highest BCUT2D eigenvalue weighted by Crippen LogP contribution is 2.13. The predicted octanol–water partition coefficient (Wildman–Crippen LogP) is 1.57. The normalized spacial score (nSPS) is 10.9. The molecule has 0 bridgehead atoms. The van der Waals surface area contributed by atoms with Gasteiger partial charge in [-0.05, 0) is 19.9 Å². The number of methoxy groups -OCH3 is 1. The molecule has 0 spiro atoms. The van der Waals surface area contributed by atoms with E-state index in [4.69, 9.17) is 10.8 Å². The molecule has 0 aliphatic heterocycles. The molecular formula is C12H15NO3. The third-order valence-electron chi connectivity index (χ3n) is 2.20. The summed E-state index contributed by atoms with van der Waals surface area (Å²) in [6.45, 7) is 4.22. The molecular weight excluding hydrogens is 206 g/mol. The zero-order valence-corrected chi connectivity index (χ0v) is 9.66. The zero-order chi connectivity index (χ0) is 12.2. The molecule has 1 heterocycles. The van der Waals surface area contributed by atoms with Crippen molar-refractivity contribution in [3.63, 3.8) is 0 Å². The molecule has 0 aromatic carbocycles. The molecule has 0 saturated carbocycles. The van der Waals surface area contributed by atoms with E-state index < -0.39 is 11.5 Å². The summed E-state index contributed by atoms with van der Waals surface area (Å²) in [6, 6.07) is 1.71. The lowest BCUT2D eigenvalue weighted by Crippen LogP contribution is -2.37. The van der Waals surface area contributed by atoms with E-state index in [0.29, 0.717) is 6.54 Å². The molecule has 0 amide bonds.